The molecule has 0 unspecified atom stereocenters. The van der Waals surface area contributed by atoms with Crippen molar-refractivity contribution in [3.8, 4) is 22.8 Å². The molecule has 5 nitrogen and oxygen atoms in total. The van der Waals surface area contributed by atoms with Crippen molar-refractivity contribution in [2.45, 2.75) is 0 Å². The quantitative estimate of drug-likeness (QED) is 0.557. The van der Waals surface area contributed by atoms with Gasteiger partial charge in [0, 0.05) is 22.0 Å². The van der Waals surface area contributed by atoms with Crippen molar-refractivity contribution in [1.82, 2.24) is 0 Å². The number of phenols is 1. The Morgan fingerprint density at radius 1 is 1.14 bits per heavy atom. The molecule has 3 rings (SSSR count). The van der Waals surface area contributed by atoms with Crippen LogP contribution in [0.3, 0.4) is 0 Å². The van der Waals surface area contributed by atoms with Crippen molar-refractivity contribution < 1.29 is 19.5 Å². The van der Waals surface area contributed by atoms with Gasteiger partial charge in [-0.1, -0.05) is 16.8 Å². The van der Waals surface area contributed by atoms with Gasteiger partial charge in [0.25, 0.3) is 0 Å². The fourth-order valence-electron chi connectivity index (χ4n) is 2.20. The van der Waals surface area contributed by atoms with Gasteiger partial charge in [0.15, 0.2) is 11.5 Å². The van der Waals surface area contributed by atoms with Crippen LogP contribution in [0.15, 0.2) is 52.0 Å². The van der Waals surface area contributed by atoms with Crippen molar-refractivity contribution in [3.63, 3.8) is 0 Å². The Hall–Kier alpha value is -2.66. The van der Waals surface area contributed by atoms with Crippen molar-refractivity contribution in [2.75, 3.05) is 7.11 Å². The van der Waals surface area contributed by atoms with Gasteiger partial charge < -0.3 is 19.5 Å². The maximum absolute atomic E-state index is 9.66. The number of hydrogen-bond acceptors (Lipinski definition) is 5. The Morgan fingerprint density at radius 2 is 1.95 bits per heavy atom. The van der Waals surface area contributed by atoms with E-state index < -0.39 is 0 Å². The zero-order chi connectivity index (χ0) is 15.7. The van der Waals surface area contributed by atoms with Gasteiger partial charge in [0.1, 0.15) is 16.7 Å². The topological polar surface area (TPSA) is 75.2 Å². The summed E-state index contributed by atoms with van der Waals surface area (Å²) in [6, 6.07) is 11.5. The molecule has 2 aromatic carbocycles. The molecule has 112 valence electrons. The van der Waals surface area contributed by atoms with E-state index in [0.717, 1.165) is 0 Å². The second kappa shape index (κ2) is 5.61. The number of nitrogens with zero attached hydrogens (tertiary/aromatic N) is 1. The van der Waals surface area contributed by atoms with E-state index in [1.54, 1.807) is 36.4 Å². The molecule has 0 aliphatic carbocycles. The molecule has 1 heterocycles. The third-order valence-electron chi connectivity index (χ3n) is 3.28. The SMILES string of the molecule is COc1cc(-c2c/c(=N\O)c3cc(Cl)ccc3o2)ccc1O. The maximum Gasteiger partial charge on any atom is 0.161 e. The van der Waals surface area contributed by atoms with Gasteiger partial charge in [-0.25, -0.2) is 0 Å². The Bertz CT molecular complexity index is 918. The van der Waals surface area contributed by atoms with Crippen LogP contribution in [0.25, 0.3) is 22.3 Å². The van der Waals surface area contributed by atoms with Crippen LogP contribution in [0.1, 0.15) is 0 Å². The minimum absolute atomic E-state index is 0.0332. The summed E-state index contributed by atoms with van der Waals surface area (Å²) in [5, 5.41) is 23.6. The molecule has 0 radical (unpaired) electrons. The highest BCUT2D eigenvalue weighted by atomic mass is 35.5. The summed E-state index contributed by atoms with van der Waals surface area (Å²) in [4.78, 5) is 0. The highest BCUT2D eigenvalue weighted by molar-refractivity contribution is 6.31. The van der Waals surface area contributed by atoms with E-state index in [9.17, 15) is 10.3 Å². The molecule has 6 heteroatoms. The van der Waals surface area contributed by atoms with Crippen molar-refractivity contribution in [3.05, 3.63) is 52.8 Å². The van der Waals surface area contributed by atoms with Gasteiger partial charge in [0.2, 0.25) is 0 Å². The van der Waals surface area contributed by atoms with Crippen LogP contribution < -0.4 is 10.1 Å². The fourth-order valence-corrected chi connectivity index (χ4v) is 2.37. The van der Waals surface area contributed by atoms with Crippen LogP contribution in [-0.4, -0.2) is 17.4 Å². The van der Waals surface area contributed by atoms with Gasteiger partial charge in [0.05, 0.1) is 7.11 Å². The van der Waals surface area contributed by atoms with Gasteiger partial charge in [-0.05, 0) is 36.4 Å². The Labute approximate surface area is 130 Å². The lowest BCUT2D eigenvalue weighted by Gasteiger charge is -2.07. The first-order chi connectivity index (χ1) is 10.6. The summed E-state index contributed by atoms with van der Waals surface area (Å²) in [5.74, 6) is 0.832. The number of methoxy groups -OCH3 is 1. The summed E-state index contributed by atoms with van der Waals surface area (Å²) < 4.78 is 10.9. The van der Waals surface area contributed by atoms with Crippen LogP contribution >= 0.6 is 11.6 Å². The molecule has 0 aliphatic heterocycles. The molecule has 3 aromatic rings. The van der Waals surface area contributed by atoms with Gasteiger partial charge >= 0.3 is 0 Å². The summed E-state index contributed by atoms with van der Waals surface area (Å²) in [6.07, 6.45) is 0. The lowest BCUT2D eigenvalue weighted by Crippen LogP contribution is -2.03. The van der Waals surface area contributed by atoms with Crippen LogP contribution in [0.2, 0.25) is 5.02 Å². The molecular weight excluding hydrogens is 306 g/mol. The van der Waals surface area contributed by atoms with E-state index in [-0.39, 0.29) is 5.75 Å². The van der Waals surface area contributed by atoms with E-state index >= 15 is 0 Å². The zero-order valence-corrected chi connectivity index (χ0v) is 12.3. The molecule has 0 amide bonds. The summed E-state index contributed by atoms with van der Waals surface area (Å²) in [6.45, 7) is 0. The first-order valence-electron chi connectivity index (χ1n) is 6.41. The third kappa shape index (κ3) is 2.46. The number of aromatic hydroxyl groups is 1. The monoisotopic (exact) mass is 317 g/mol. The second-order valence-corrected chi connectivity index (χ2v) is 5.06. The maximum atomic E-state index is 9.66. The molecule has 0 spiro atoms. The standard InChI is InChI=1S/C16H12ClNO4/c1-21-16-6-9(2-4-13(16)19)15-8-12(18-20)11-7-10(17)3-5-14(11)22-15/h2-8,19-20H,1H3/b18-12+. The molecule has 0 saturated carbocycles. The van der Waals surface area contributed by atoms with Crippen LogP contribution in [0, 0.1) is 0 Å². The lowest BCUT2D eigenvalue weighted by atomic mass is 10.1. The van der Waals surface area contributed by atoms with Gasteiger partial charge in [-0.15, -0.1) is 0 Å². The highest BCUT2D eigenvalue weighted by Crippen LogP contribution is 2.32. The van der Waals surface area contributed by atoms with Crippen LogP contribution in [0.4, 0.5) is 0 Å². The zero-order valence-electron chi connectivity index (χ0n) is 11.6. The summed E-state index contributed by atoms with van der Waals surface area (Å²) in [5.41, 5.74) is 1.21. The number of benzene rings is 2. The number of hydrogen-bond donors (Lipinski definition) is 2. The van der Waals surface area contributed by atoms with Crippen molar-refractivity contribution in [1.29, 1.82) is 0 Å². The molecule has 0 fully saturated rings. The van der Waals surface area contributed by atoms with Crippen molar-refractivity contribution >= 4 is 22.6 Å². The van der Waals surface area contributed by atoms with E-state index in [2.05, 4.69) is 5.16 Å². The molecular formula is C16H12ClNO4. The number of rotatable bonds is 2. The summed E-state index contributed by atoms with van der Waals surface area (Å²) in [7, 11) is 1.47. The predicted octanol–water partition coefficient (Wildman–Crippen LogP) is 3.76. The molecule has 22 heavy (non-hydrogen) atoms. The average Bonchev–Trinajstić information content (AvgIpc) is 2.54. The lowest BCUT2D eigenvalue weighted by molar-refractivity contribution is 0.302. The highest BCUT2D eigenvalue weighted by Gasteiger charge is 2.10. The minimum atomic E-state index is 0.0332. The number of phenolic OH excluding ortho intramolecular Hbond substituents is 1. The first-order valence-corrected chi connectivity index (χ1v) is 6.79. The van der Waals surface area contributed by atoms with E-state index in [1.165, 1.54) is 13.2 Å². The molecule has 0 saturated heterocycles. The Kier molecular flexibility index (Phi) is 3.65. The molecule has 2 N–H and O–H groups in total. The van der Waals surface area contributed by atoms with Crippen LogP contribution in [0.5, 0.6) is 11.5 Å². The predicted molar refractivity (Wildman–Crippen MR) is 82.2 cm³/mol. The smallest absolute Gasteiger partial charge is 0.161 e. The van der Waals surface area contributed by atoms with Gasteiger partial charge in [-0.3, -0.25) is 0 Å². The van der Waals surface area contributed by atoms with Crippen molar-refractivity contribution in [2.24, 2.45) is 5.16 Å². The Balaban J connectivity index is 2.26. The fraction of sp³-hybridized carbons (Fsp3) is 0.0625. The largest absolute Gasteiger partial charge is 0.504 e. The second-order valence-electron chi connectivity index (χ2n) is 4.62. The number of ether oxygens (including phenoxy) is 1. The third-order valence-corrected chi connectivity index (χ3v) is 3.51. The van der Waals surface area contributed by atoms with E-state index in [0.29, 0.717) is 38.4 Å². The minimum Gasteiger partial charge on any atom is -0.504 e. The average molecular weight is 318 g/mol. The molecule has 1 aromatic heterocycles. The molecule has 0 atom stereocenters. The first kappa shape index (κ1) is 14.3. The summed E-state index contributed by atoms with van der Waals surface area (Å²) >= 11 is 5.95. The van der Waals surface area contributed by atoms with E-state index in [1.807, 2.05) is 0 Å². The van der Waals surface area contributed by atoms with Crippen LogP contribution in [-0.2, 0) is 0 Å². The molecule has 0 aliphatic rings. The molecule has 0 bridgehead atoms. The van der Waals surface area contributed by atoms with E-state index in [4.69, 9.17) is 20.8 Å². The number of fused-ring (bicyclic) bond motifs is 1. The Morgan fingerprint density at radius 3 is 2.68 bits per heavy atom. The normalized spacial score (nSPS) is 11.8. The van der Waals surface area contributed by atoms with Gasteiger partial charge in [-0.2, -0.15) is 0 Å². The number of halogens is 1.